The van der Waals surface area contributed by atoms with E-state index < -0.39 is 0 Å². The maximum absolute atomic E-state index is 7.95. The van der Waals surface area contributed by atoms with Crippen LogP contribution in [0, 0.1) is 12.3 Å². The molecular weight excluding hydrogens is 705 g/mol. The molecule has 2 aromatic heterocycles. The summed E-state index contributed by atoms with van der Waals surface area (Å²) in [5, 5.41) is 18.2. The van der Waals surface area contributed by atoms with Gasteiger partial charge in [0.1, 0.15) is 0 Å². The standard InChI is InChI=1S/C39H26N2.C15H14N2/c1-25-15-19-28(20-16-25)41-34-13-7-5-11-29(34)31-23-22-30-32(39(31)41)21-17-26-18-24-36-38(37(26)30)33-12-6-8-14-35(33)40(36)27-9-3-2-4-10-27;16-14(12-7-3-1-4-8-12)11-15(17)13-9-5-2-6-10-13/h2-24H,1H3;1-11,16H,17H2/b;15-11-,16-14?. The smallest absolute Gasteiger partial charge is 0.0632 e. The normalized spacial score (nSPS) is 11.8. The Labute approximate surface area is 336 Å². The fourth-order valence-electron chi connectivity index (χ4n) is 8.54. The fourth-order valence-corrected chi connectivity index (χ4v) is 8.54. The minimum Gasteiger partial charge on any atom is -0.398 e. The number of nitrogens with zero attached hydrogens (tertiary/aromatic N) is 2. The third-order valence-corrected chi connectivity index (χ3v) is 11.2. The van der Waals surface area contributed by atoms with Crippen LogP contribution in [-0.2, 0) is 0 Å². The van der Waals surface area contributed by atoms with Gasteiger partial charge < -0.3 is 20.3 Å². The summed E-state index contributed by atoms with van der Waals surface area (Å²) >= 11 is 0. The van der Waals surface area contributed by atoms with Gasteiger partial charge in [-0.25, -0.2) is 0 Å². The van der Waals surface area contributed by atoms with Crippen molar-refractivity contribution in [2.75, 3.05) is 0 Å². The fraction of sp³-hybridized carbons (Fsp3) is 0.0185. The van der Waals surface area contributed by atoms with Gasteiger partial charge >= 0.3 is 0 Å². The van der Waals surface area contributed by atoms with Crippen molar-refractivity contribution in [3.05, 3.63) is 223 Å². The zero-order valence-corrected chi connectivity index (χ0v) is 32.1. The van der Waals surface area contributed by atoms with Crippen molar-refractivity contribution in [2.24, 2.45) is 5.73 Å². The maximum Gasteiger partial charge on any atom is 0.0632 e. The van der Waals surface area contributed by atoms with Crippen molar-refractivity contribution in [1.82, 2.24) is 9.13 Å². The molecule has 0 spiro atoms. The van der Waals surface area contributed by atoms with E-state index in [1.165, 1.54) is 82.1 Å². The van der Waals surface area contributed by atoms with E-state index in [0.29, 0.717) is 11.4 Å². The first-order valence-corrected chi connectivity index (χ1v) is 19.6. The van der Waals surface area contributed by atoms with Crippen LogP contribution in [0.4, 0.5) is 0 Å². The molecule has 58 heavy (non-hydrogen) atoms. The number of allylic oxidation sites excluding steroid dienone is 1. The molecular formula is C54H40N4. The number of aromatic nitrogens is 2. The first kappa shape index (κ1) is 34.8. The third-order valence-electron chi connectivity index (χ3n) is 11.2. The Hall–Kier alpha value is -7.69. The predicted octanol–water partition coefficient (Wildman–Crippen LogP) is 13.5. The van der Waals surface area contributed by atoms with Gasteiger partial charge in [-0.15, -0.1) is 0 Å². The van der Waals surface area contributed by atoms with Crippen LogP contribution < -0.4 is 5.73 Å². The van der Waals surface area contributed by atoms with Crippen LogP contribution >= 0.6 is 0 Å². The van der Waals surface area contributed by atoms with Crippen LogP contribution in [0.5, 0.6) is 0 Å². The van der Waals surface area contributed by atoms with E-state index >= 15 is 0 Å². The average molecular weight is 745 g/mol. The van der Waals surface area contributed by atoms with Crippen LogP contribution in [0.1, 0.15) is 16.7 Å². The van der Waals surface area contributed by atoms with E-state index in [-0.39, 0.29) is 0 Å². The summed E-state index contributed by atoms with van der Waals surface area (Å²) in [5.74, 6) is 0. The molecule has 0 saturated carbocycles. The Kier molecular flexibility index (Phi) is 8.65. The highest BCUT2D eigenvalue weighted by Crippen LogP contribution is 2.43. The molecule has 4 nitrogen and oxygen atoms in total. The van der Waals surface area contributed by atoms with Crippen molar-refractivity contribution in [3.63, 3.8) is 0 Å². The number of nitrogens with two attached hydrogens (primary N) is 1. The van der Waals surface area contributed by atoms with Gasteiger partial charge in [0.2, 0.25) is 0 Å². The molecule has 0 aliphatic heterocycles. The van der Waals surface area contributed by atoms with Gasteiger partial charge in [0.05, 0.1) is 27.8 Å². The molecule has 0 aliphatic carbocycles. The molecule has 0 aliphatic rings. The van der Waals surface area contributed by atoms with Gasteiger partial charge in [0.25, 0.3) is 0 Å². The zero-order chi connectivity index (χ0) is 39.2. The van der Waals surface area contributed by atoms with E-state index in [1.807, 2.05) is 60.7 Å². The zero-order valence-electron chi connectivity index (χ0n) is 32.1. The lowest BCUT2D eigenvalue weighted by Crippen LogP contribution is -2.02. The topological polar surface area (TPSA) is 59.7 Å². The van der Waals surface area contributed by atoms with Gasteiger partial charge in [-0.2, -0.15) is 0 Å². The molecule has 11 rings (SSSR count). The molecule has 0 unspecified atom stereocenters. The minimum absolute atomic E-state index is 0.423. The van der Waals surface area contributed by atoms with E-state index in [4.69, 9.17) is 11.1 Å². The molecule has 9 aromatic carbocycles. The summed E-state index contributed by atoms with van der Waals surface area (Å²) in [7, 11) is 0. The van der Waals surface area contributed by atoms with Gasteiger partial charge in [-0.1, -0.05) is 163 Å². The first-order valence-electron chi connectivity index (χ1n) is 19.6. The largest absolute Gasteiger partial charge is 0.398 e. The van der Waals surface area contributed by atoms with E-state index in [2.05, 4.69) is 156 Å². The van der Waals surface area contributed by atoms with Gasteiger partial charge in [-0.05, 0) is 82.7 Å². The molecule has 0 saturated heterocycles. The summed E-state index contributed by atoms with van der Waals surface area (Å²) in [4.78, 5) is 0. The number of benzene rings is 9. The molecule has 11 aromatic rings. The van der Waals surface area contributed by atoms with Crippen LogP contribution in [0.25, 0.3) is 82.2 Å². The van der Waals surface area contributed by atoms with Crippen LogP contribution in [-0.4, -0.2) is 14.8 Å². The second-order valence-electron chi connectivity index (χ2n) is 14.8. The van der Waals surface area contributed by atoms with Crippen molar-refractivity contribution >= 4 is 76.6 Å². The SMILES string of the molecule is Cc1ccc(-n2c3ccccc3c3ccc4c(ccc5ccc6c(c7ccccc7n6-c6ccccc6)c54)c32)cc1.N=C(/C=C(\N)c1ccccc1)c1ccccc1. The lowest BCUT2D eigenvalue weighted by Gasteiger charge is -2.12. The Morgan fingerprint density at radius 3 is 1.66 bits per heavy atom. The molecule has 0 radical (unpaired) electrons. The molecule has 3 N–H and O–H groups in total. The number of fused-ring (bicyclic) bond motifs is 11. The summed E-state index contributed by atoms with van der Waals surface area (Å²) in [6, 6.07) is 70.3. The molecule has 0 amide bonds. The van der Waals surface area contributed by atoms with Crippen molar-refractivity contribution in [1.29, 1.82) is 5.41 Å². The van der Waals surface area contributed by atoms with Crippen LogP contribution in [0.15, 0.2) is 206 Å². The summed E-state index contributed by atoms with van der Waals surface area (Å²) in [5.41, 5.74) is 17.4. The highest BCUT2D eigenvalue weighted by Gasteiger charge is 2.19. The number of aryl methyl sites for hydroxylation is 1. The number of rotatable bonds is 5. The molecule has 0 atom stereocenters. The molecule has 0 fully saturated rings. The number of hydrogen-bond donors (Lipinski definition) is 2. The number of nitrogens with one attached hydrogen (secondary N) is 1. The maximum atomic E-state index is 7.95. The molecule has 276 valence electrons. The summed E-state index contributed by atoms with van der Waals surface area (Å²) in [6.07, 6.45) is 1.69. The van der Waals surface area contributed by atoms with Gasteiger partial charge in [-0.3, -0.25) is 0 Å². The Bertz CT molecular complexity index is 3340. The van der Waals surface area contributed by atoms with Crippen LogP contribution in [0.3, 0.4) is 0 Å². The van der Waals surface area contributed by atoms with E-state index in [1.54, 1.807) is 6.08 Å². The Balaban J connectivity index is 0.000000202. The second kappa shape index (κ2) is 14.4. The van der Waals surface area contributed by atoms with E-state index in [0.717, 1.165) is 11.1 Å². The lowest BCUT2D eigenvalue weighted by atomic mass is 9.96. The monoisotopic (exact) mass is 744 g/mol. The number of hydrogen-bond acceptors (Lipinski definition) is 2. The van der Waals surface area contributed by atoms with Gasteiger partial charge in [0, 0.05) is 44.0 Å². The highest BCUT2D eigenvalue weighted by molar-refractivity contribution is 6.31. The Morgan fingerprint density at radius 2 is 0.948 bits per heavy atom. The second-order valence-corrected chi connectivity index (χ2v) is 14.8. The quantitative estimate of drug-likeness (QED) is 0.134. The molecule has 2 heterocycles. The highest BCUT2D eigenvalue weighted by atomic mass is 15.0. The summed E-state index contributed by atoms with van der Waals surface area (Å²) < 4.78 is 4.86. The van der Waals surface area contributed by atoms with Crippen LogP contribution in [0.2, 0.25) is 0 Å². The minimum atomic E-state index is 0.423. The van der Waals surface area contributed by atoms with Gasteiger partial charge in [0.15, 0.2) is 0 Å². The van der Waals surface area contributed by atoms with Crippen molar-refractivity contribution in [2.45, 2.75) is 6.92 Å². The number of para-hydroxylation sites is 3. The Morgan fingerprint density at radius 1 is 0.431 bits per heavy atom. The van der Waals surface area contributed by atoms with E-state index in [9.17, 15) is 0 Å². The third kappa shape index (κ3) is 5.91. The van der Waals surface area contributed by atoms with Crippen molar-refractivity contribution < 1.29 is 0 Å². The molecule has 0 bridgehead atoms. The molecule has 4 heteroatoms. The average Bonchev–Trinajstić information content (AvgIpc) is 3.81. The van der Waals surface area contributed by atoms with Crippen molar-refractivity contribution in [3.8, 4) is 11.4 Å². The lowest BCUT2D eigenvalue weighted by molar-refractivity contribution is 1.18. The predicted molar refractivity (Wildman–Crippen MR) is 247 cm³/mol. The summed E-state index contributed by atoms with van der Waals surface area (Å²) in [6.45, 7) is 2.15. The first-order chi connectivity index (χ1) is 28.5.